The molecule has 0 saturated heterocycles. The van der Waals surface area contributed by atoms with Crippen LogP contribution < -0.4 is 9.80 Å². The molecule has 0 heterocycles. The van der Waals surface area contributed by atoms with Crippen molar-refractivity contribution in [3.05, 3.63) is 224 Å². The van der Waals surface area contributed by atoms with Gasteiger partial charge in [0.1, 0.15) is 5.66 Å². The van der Waals surface area contributed by atoms with E-state index in [0.29, 0.717) is 0 Å². The highest BCUT2D eigenvalue weighted by molar-refractivity contribution is 6.17. The fourth-order valence-corrected chi connectivity index (χ4v) is 10.1. The Hall–Kier alpha value is -7.42. The normalized spacial score (nSPS) is 14.0. The Labute approximate surface area is 338 Å². The summed E-state index contributed by atoms with van der Waals surface area (Å²) in [6, 6.07) is 73.8. The van der Waals surface area contributed by atoms with Crippen molar-refractivity contribution in [2.75, 3.05) is 9.80 Å². The molecule has 12 rings (SSSR count). The summed E-state index contributed by atoms with van der Waals surface area (Å²) in [7, 11) is 0. The van der Waals surface area contributed by atoms with E-state index in [1.54, 1.807) is 0 Å². The second kappa shape index (κ2) is 12.8. The van der Waals surface area contributed by atoms with Crippen molar-refractivity contribution in [3.8, 4) is 44.5 Å². The quantitative estimate of drug-likeness (QED) is 0.150. The Balaban J connectivity index is 1.12. The van der Waals surface area contributed by atoms with Gasteiger partial charge in [-0.1, -0.05) is 164 Å². The molecule has 0 atom stereocenters. The predicted molar refractivity (Wildman–Crippen MR) is 245 cm³/mol. The standard InChI is InChI=1S/C56H38N2/c1-4-14-38(15-5-1)39-32-34-56(35-33-39,57(42-20-6-2-7-21-42)44-28-30-46-48-24-10-16-40-18-12-26-50(54(40)48)52(46)36-44)58(43-22-8-3-9-23-43)45-29-31-47-49-25-11-17-41-19-13-27-51(55(41)49)53(47)37-45/h1-34,36-37H,35H2. The first-order chi connectivity index (χ1) is 28.7. The Morgan fingerprint density at radius 3 is 1.21 bits per heavy atom. The highest BCUT2D eigenvalue weighted by atomic mass is 15.4. The second-order valence-electron chi connectivity index (χ2n) is 15.7. The van der Waals surface area contributed by atoms with E-state index in [2.05, 4.69) is 228 Å². The SMILES string of the molecule is C1=CC(N(c2ccccc2)c2ccc3c(c2)-c2cccc4cccc-3c24)(N(c2ccccc2)c2ccc3c(c2)-c2cccc4cccc-3c24)CC=C1c1ccccc1. The first-order valence-corrected chi connectivity index (χ1v) is 20.2. The zero-order valence-corrected chi connectivity index (χ0v) is 31.9. The lowest BCUT2D eigenvalue weighted by Gasteiger charge is -2.52. The molecule has 9 aromatic rings. The van der Waals surface area contributed by atoms with E-state index >= 15 is 0 Å². The molecular formula is C56H38N2. The van der Waals surface area contributed by atoms with Gasteiger partial charge in [0, 0.05) is 29.2 Å². The second-order valence-corrected chi connectivity index (χ2v) is 15.7. The molecule has 0 amide bonds. The maximum atomic E-state index is 2.58. The molecule has 0 aliphatic heterocycles. The molecule has 2 heteroatoms. The average Bonchev–Trinajstić information content (AvgIpc) is 3.79. The highest BCUT2D eigenvalue weighted by Gasteiger charge is 2.44. The zero-order chi connectivity index (χ0) is 38.2. The summed E-state index contributed by atoms with van der Waals surface area (Å²) in [5, 5.41) is 5.24. The van der Waals surface area contributed by atoms with E-state index in [1.807, 2.05) is 0 Å². The Bertz CT molecular complexity index is 2950. The summed E-state index contributed by atoms with van der Waals surface area (Å²) in [6.45, 7) is 0. The molecule has 9 aromatic carbocycles. The molecule has 2 nitrogen and oxygen atoms in total. The van der Waals surface area contributed by atoms with Gasteiger partial charge in [0.05, 0.1) is 0 Å². The number of fused-ring (bicyclic) bond motifs is 6. The average molecular weight is 739 g/mol. The first kappa shape index (κ1) is 32.8. The molecule has 0 aromatic heterocycles. The summed E-state index contributed by atoms with van der Waals surface area (Å²) in [5.41, 5.74) is 16.6. The van der Waals surface area contributed by atoms with E-state index in [-0.39, 0.29) is 0 Å². The summed E-state index contributed by atoms with van der Waals surface area (Å²) < 4.78 is 0. The van der Waals surface area contributed by atoms with Gasteiger partial charge >= 0.3 is 0 Å². The van der Waals surface area contributed by atoms with E-state index in [0.717, 1.165) is 29.2 Å². The van der Waals surface area contributed by atoms with Crippen molar-refractivity contribution in [1.29, 1.82) is 0 Å². The summed E-state index contributed by atoms with van der Waals surface area (Å²) in [6.07, 6.45) is 7.96. The number of hydrogen-bond acceptors (Lipinski definition) is 2. The van der Waals surface area contributed by atoms with Gasteiger partial charge in [-0.05, 0) is 132 Å². The summed E-state index contributed by atoms with van der Waals surface area (Å²) >= 11 is 0. The van der Waals surface area contributed by atoms with Gasteiger partial charge in [0.15, 0.2) is 0 Å². The van der Waals surface area contributed by atoms with E-state index in [1.165, 1.54) is 77.2 Å². The number of allylic oxidation sites excluding steroid dienone is 2. The number of hydrogen-bond donors (Lipinski definition) is 0. The Morgan fingerprint density at radius 1 is 0.345 bits per heavy atom. The molecule has 0 radical (unpaired) electrons. The molecule has 58 heavy (non-hydrogen) atoms. The molecule has 3 aliphatic rings. The number of nitrogens with zero attached hydrogens (tertiary/aromatic N) is 2. The van der Waals surface area contributed by atoms with Gasteiger partial charge in [0.25, 0.3) is 0 Å². The van der Waals surface area contributed by atoms with E-state index in [9.17, 15) is 0 Å². The molecule has 0 fully saturated rings. The minimum Gasteiger partial charge on any atom is -0.314 e. The van der Waals surface area contributed by atoms with Crippen LogP contribution >= 0.6 is 0 Å². The fourth-order valence-electron chi connectivity index (χ4n) is 10.1. The van der Waals surface area contributed by atoms with Crippen molar-refractivity contribution in [2.45, 2.75) is 12.1 Å². The van der Waals surface area contributed by atoms with Crippen LogP contribution in [0.15, 0.2) is 218 Å². The Morgan fingerprint density at radius 2 is 0.776 bits per heavy atom. The maximum Gasteiger partial charge on any atom is 0.145 e. The van der Waals surface area contributed by atoms with Crippen LogP contribution in [0.5, 0.6) is 0 Å². The van der Waals surface area contributed by atoms with Crippen molar-refractivity contribution >= 4 is 49.9 Å². The Kier molecular flexibility index (Phi) is 7.24. The van der Waals surface area contributed by atoms with Crippen LogP contribution in [0.2, 0.25) is 0 Å². The molecule has 0 bridgehead atoms. The van der Waals surface area contributed by atoms with Crippen molar-refractivity contribution in [2.24, 2.45) is 0 Å². The van der Waals surface area contributed by atoms with Crippen LogP contribution in [0.1, 0.15) is 12.0 Å². The van der Waals surface area contributed by atoms with Gasteiger partial charge in [-0.3, -0.25) is 0 Å². The van der Waals surface area contributed by atoms with Crippen LogP contribution in [0.3, 0.4) is 0 Å². The predicted octanol–water partition coefficient (Wildman–Crippen LogP) is 15.0. The molecule has 0 unspecified atom stereocenters. The first-order valence-electron chi connectivity index (χ1n) is 20.2. The van der Waals surface area contributed by atoms with Crippen LogP contribution in [-0.2, 0) is 0 Å². The number of anilines is 4. The van der Waals surface area contributed by atoms with Crippen molar-refractivity contribution in [1.82, 2.24) is 0 Å². The highest BCUT2D eigenvalue weighted by Crippen LogP contribution is 2.54. The van der Waals surface area contributed by atoms with Gasteiger partial charge in [0.2, 0.25) is 0 Å². The molecule has 3 aliphatic carbocycles. The third-order valence-corrected chi connectivity index (χ3v) is 12.6. The summed E-state index contributed by atoms with van der Waals surface area (Å²) in [4.78, 5) is 5.17. The smallest absolute Gasteiger partial charge is 0.145 e. The van der Waals surface area contributed by atoms with Crippen LogP contribution in [0.25, 0.3) is 71.6 Å². The third-order valence-electron chi connectivity index (χ3n) is 12.6. The molecule has 0 N–H and O–H groups in total. The minimum atomic E-state index is -0.710. The van der Waals surface area contributed by atoms with Crippen LogP contribution in [0, 0.1) is 0 Å². The number of rotatable bonds is 7. The zero-order valence-electron chi connectivity index (χ0n) is 31.9. The number of para-hydroxylation sites is 2. The summed E-state index contributed by atoms with van der Waals surface area (Å²) in [5.74, 6) is 0. The van der Waals surface area contributed by atoms with E-state index in [4.69, 9.17) is 0 Å². The third kappa shape index (κ3) is 4.85. The fraction of sp³-hybridized carbons (Fsp3) is 0.0357. The number of benzene rings is 9. The van der Waals surface area contributed by atoms with Gasteiger partial charge in [-0.15, -0.1) is 0 Å². The van der Waals surface area contributed by atoms with E-state index < -0.39 is 5.66 Å². The largest absolute Gasteiger partial charge is 0.314 e. The van der Waals surface area contributed by atoms with Crippen molar-refractivity contribution in [3.63, 3.8) is 0 Å². The van der Waals surface area contributed by atoms with Gasteiger partial charge < -0.3 is 9.80 Å². The minimum absolute atomic E-state index is 0.710. The lowest BCUT2D eigenvalue weighted by Crippen LogP contribution is -2.57. The molecular weight excluding hydrogens is 701 g/mol. The maximum absolute atomic E-state index is 2.58. The van der Waals surface area contributed by atoms with Crippen molar-refractivity contribution < 1.29 is 0 Å². The lowest BCUT2D eigenvalue weighted by atomic mass is 9.87. The topological polar surface area (TPSA) is 6.48 Å². The monoisotopic (exact) mass is 738 g/mol. The van der Waals surface area contributed by atoms with Gasteiger partial charge in [-0.25, -0.2) is 0 Å². The molecule has 0 saturated carbocycles. The molecule has 0 spiro atoms. The van der Waals surface area contributed by atoms with Gasteiger partial charge in [-0.2, -0.15) is 0 Å². The lowest BCUT2D eigenvalue weighted by molar-refractivity contribution is 0.526. The van der Waals surface area contributed by atoms with Crippen LogP contribution in [0.4, 0.5) is 22.7 Å². The van der Waals surface area contributed by atoms with Crippen LogP contribution in [-0.4, -0.2) is 5.66 Å². The molecule has 272 valence electrons.